The van der Waals surface area contributed by atoms with Crippen LogP contribution in [-0.4, -0.2) is 15.8 Å². The van der Waals surface area contributed by atoms with E-state index in [0.29, 0.717) is 28.0 Å². The van der Waals surface area contributed by atoms with Crippen molar-refractivity contribution in [3.05, 3.63) is 98.5 Å². The fourth-order valence-electron chi connectivity index (χ4n) is 3.57. The molecule has 0 N–H and O–H groups in total. The molecule has 1 aliphatic rings. The fraction of sp³-hybridized carbons (Fsp3) is 0.0952. The van der Waals surface area contributed by atoms with Gasteiger partial charge in [0, 0.05) is 10.7 Å². The van der Waals surface area contributed by atoms with Crippen molar-refractivity contribution in [2.75, 3.05) is 0 Å². The van der Waals surface area contributed by atoms with E-state index in [0.717, 1.165) is 4.47 Å². The van der Waals surface area contributed by atoms with E-state index in [1.807, 2.05) is 6.07 Å². The van der Waals surface area contributed by atoms with Gasteiger partial charge in [-0.3, -0.25) is 14.6 Å². The maximum Gasteiger partial charge on any atom is 0.291 e. The van der Waals surface area contributed by atoms with Gasteiger partial charge >= 0.3 is 0 Å². The zero-order valence-corrected chi connectivity index (χ0v) is 16.0. The van der Waals surface area contributed by atoms with Crippen LogP contribution in [0.2, 0.25) is 0 Å². The third-order valence-corrected chi connectivity index (χ3v) is 5.30. The highest BCUT2D eigenvalue weighted by Gasteiger charge is 2.43. The SMILES string of the molecule is O=C1c2oc3ccc(Br)cc3c(=O)c2C(c2ccccn2)N1Cc1ccco1. The van der Waals surface area contributed by atoms with E-state index in [-0.39, 0.29) is 23.6 Å². The summed E-state index contributed by atoms with van der Waals surface area (Å²) in [5.74, 6) is 0.313. The van der Waals surface area contributed by atoms with Crippen LogP contribution in [0, 0.1) is 0 Å². The predicted octanol–water partition coefficient (Wildman–Crippen LogP) is 4.29. The molecule has 1 aromatic carbocycles. The van der Waals surface area contributed by atoms with Crippen LogP contribution >= 0.6 is 15.9 Å². The number of hydrogen-bond acceptors (Lipinski definition) is 5. The Hall–Kier alpha value is -3.19. The highest BCUT2D eigenvalue weighted by Crippen LogP contribution is 2.38. The number of rotatable bonds is 3. The van der Waals surface area contributed by atoms with E-state index in [2.05, 4.69) is 20.9 Å². The van der Waals surface area contributed by atoms with Gasteiger partial charge in [0.05, 0.1) is 29.5 Å². The molecule has 0 spiro atoms. The highest BCUT2D eigenvalue weighted by atomic mass is 79.9. The first-order valence-corrected chi connectivity index (χ1v) is 9.43. The minimum absolute atomic E-state index is 0.0574. The van der Waals surface area contributed by atoms with Crippen molar-refractivity contribution in [2.45, 2.75) is 12.6 Å². The van der Waals surface area contributed by atoms with Gasteiger partial charge in [0.15, 0.2) is 5.43 Å². The van der Waals surface area contributed by atoms with Gasteiger partial charge in [-0.1, -0.05) is 22.0 Å². The Morgan fingerprint density at radius 3 is 2.75 bits per heavy atom. The van der Waals surface area contributed by atoms with E-state index in [9.17, 15) is 9.59 Å². The maximum atomic E-state index is 13.3. The van der Waals surface area contributed by atoms with Gasteiger partial charge in [0.2, 0.25) is 5.76 Å². The number of pyridine rings is 1. The van der Waals surface area contributed by atoms with Crippen LogP contribution < -0.4 is 5.43 Å². The fourth-order valence-corrected chi connectivity index (χ4v) is 3.93. The van der Waals surface area contributed by atoms with E-state index in [4.69, 9.17) is 8.83 Å². The Labute approximate surface area is 167 Å². The van der Waals surface area contributed by atoms with Gasteiger partial charge in [-0.15, -0.1) is 0 Å². The number of carbonyl (C=O) groups excluding carboxylic acids is 1. The summed E-state index contributed by atoms with van der Waals surface area (Å²) in [6.07, 6.45) is 3.19. The first-order valence-electron chi connectivity index (χ1n) is 8.64. The lowest BCUT2D eigenvalue weighted by Crippen LogP contribution is -2.29. The first-order chi connectivity index (χ1) is 13.6. The van der Waals surface area contributed by atoms with E-state index >= 15 is 0 Å². The number of hydrogen-bond donors (Lipinski definition) is 0. The zero-order valence-electron chi connectivity index (χ0n) is 14.5. The van der Waals surface area contributed by atoms with Gasteiger partial charge in [-0.25, -0.2) is 0 Å². The van der Waals surface area contributed by atoms with E-state index in [1.165, 1.54) is 0 Å². The molecular formula is C21H13BrN2O4. The molecule has 0 fully saturated rings. The number of carbonyl (C=O) groups is 1. The third-order valence-electron chi connectivity index (χ3n) is 4.80. The summed E-state index contributed by atoms with van der Waals surface area (Å²) in [5, 5.41) is 0.418. The molecular weight excluding hydrogens is 424 g/mol. The average molecular weight is 437 g/mol. The Balaban J connectivity index is 1.76. The van der Waals surface area contributed by atoms with Crippen LogP contribution in [0.4, 0.5) is 0 Å². The minimum atomic E-state index is -0.645. The summed E-state index contributed by atoms with van der Waals surface area (Å²) < 4.78 is 12.1. The monoisotopic (exact) mass is 436 g/mol. The standard InChI is InChI=1S/C21H13BrN2O4/c22-12-6-7-16-14(10-12)19(25)17-18(15-5-1-2-8-23-15)24(21(26)20(17)28-16)11-13-4-3-9-27-13/h1-10,18H,11H2. The van der Waals surface area contributed by atoms with E-state index in [1.54, 1.807) is 59.8 Å². The summed E-state index contributed by atoms with van der Waals surface area (Å²) in [5.41, 5.74) is 1.05. The molecule has 4 heterocycles. The van der Waals surface area contributed by atoms with Crippen molar-refractivity contribution >= 4 is 32.8 Å². The lowest BCUT2D eigenvalue weighted by molar-refractivity contribution is 0.0699. The number of aromatic nitrogens is 1. The zero-order chi connectivity index (χ0) is 19.3. The Kier molecular flexibility index (Phi) is 3.91. The normalized spacial score (nSPS) is 16.0. The molecule has 1 atom stereocenters. The van der Waals surface area contributed by atoms with Crippen LogP contribution in [0.1, 0.15) is 33.6 Å². The summed E-state index contributed by atoms with van der Waals surface area (Å²) in [6.45, 7) is 0.205. The molecule has 6 nitrogen and oxygen atoms in total. The Morgan fingerprint density at radius 1 is 1.11 bits per heavy atom. The first kappa shape index (κ1) is 16.9. The topological polar surface area (TPSA) is 76.6 Å². The average Bonchev–Trinajstić information content (AvgIpc) is 3.31. The molecule has 0 radical (unpaired) electrons. The summed E-state index contributed by atoms with van der Waals surface area (Å²) >= 11 is 3.39. The molecule has 3 aromatic heterocycles. The van der Waals surface area contributed by atoms with Crippen LogP contribution in [-0.2, 0) is 6.54 Å². The second kappa shape index (κ2) is 6.45. The van der Waals surface area contributed by atoms with Crippen molar-refractivity contribution in [3.8, 4) is 0 Å². The number of benzene rings is 1. The number of nitrogens with zero attached hydrogens (tertiary/aromatic N) is 2. The van der Waals surface area contributed by atoms with Crippen LogP contribution in [0.25, 0.3) is 11.0 Å². The maximum absolute atomic E-state index is 13.3. The Morgan fingerprint density at radius 2 is 2.00 bits per heavy atom. The number of halogens is 1. The molecule has 1 aliphatic heterocycles. The van der Waals surface area contributed by atoms with Gasteiger partial charge in [0.1, 0.15) is 17.4 Å². The van der Waals surface area contributed by atoms with Gasteiger partial charge in [0.25, 0.3) is 5.91 Å². The molecule has 28 heavy (non-hydrogen) atoms. The smallest absolute Gasteiger partial charge is 0.291 e. The van der Waals surface area contributed by atoms with Crippen LogP contribution in [0.15, 0.2) is 79.1 Å². The van der Waals surface area contributed by atoms with E-state index < -0.39 is 6.04 Å². The number of furan rings is 1. The number of fused-ring (bicyclic) bond motifs is 2. The summed E-state index contributed by atoms with van der Waals surface area (Å²) in [6, 6.07) is 13.5. The van der Waals surface area contributed by atoms with Crippen LogP contribution in [0.5, 0.6) is 0 Å². The molecule has 1 unspecified atom stereocenters. The van der Waals surface area contributed by atoms with Crippen molar-refractivity contribution in [2.24, 2.45) is 0 Å². The number of amides is 1. The van der Waals surface area contributed by atoms with Crippen molar-refractivity contribution in [1.29, 1.82) is 0 Å². The molecule has 5 rings (SSSR count). The molecule has 1 amide bonds. The van der Waals surface area contributed by atoms with Gasteiger partial charge in [-0.2, -0.15) is 0 Å². The lowest BCUT2D eigenvalue weighted by atomic mass is 10.0. The Bertz CT molecular complexity index is 1250. The molecule has 138 valence electrons. The van der Waals surface area contributed by atoms with Crippen molar-refractivity contribution < 1.29 is 13.6 Å². The summed E-state index contributed by atoms with van der Waals surface area (Å²) in [7, 11) is 0. The highest BCUT2D eigenvalue weighted by molar-refractivity contribution is 9.10. The van der Waals surface area contributed by atoms with Crippen molar-refractivity contribution in [3.63, 3.8) is 0 Å². The van der Waals surface area contributed by atoms with Gasteiger partial charge < -0.3 is 13.7 Å². The minimum Gasteiger partial charge on any atom is -0.467 e. The second-order valence-electron chi connectivity index (χ2n) is 6.48. The molecule has 0 saturated heterocycles. The molecule has 0 bridgehead atoms. The molecule has 4 aromatic rings. The largest absolute Gasteiger partial charge is 0.467 e. The molecule has 0 saturated carbocycles. The lowest BCUT2D eigenvalue weighted by Gasteiger charge is -2.23. The predicted molar refractivity (Wildman–Crippen MR) is 105 cm³/mol. The third kappa shape index (κ3) is 2.58. The quantitative estimate of drug-likeness (QED) is 0.478. The van der Waals surface area contributed by atoms with Crippen LogP contribution in [0.3, 0.4) is 0 Å². The second-order valence-corrected chi connectivity index (χ2v) is 7.40. The summed E-state index contributed by atoms with van der Waals surface area (Å²) in [4.78, 5) is 32.5. The molecule has 7 heteroatoms. The molecule has 0 aliphatic carbocycles. The van der Waals surface area contributed by atoms with Gasteiger partial charge in [-0.05, 0) is 42.5 Å². The van der Waals surface area contributed by atoms with Crippen molar-refractivity contribution in [1.82, 2.24) is 9.88 Å².